The number of hydrogen-bond donors (Lipinski definition) is 2. The molecule has 7 heteroatoms. The Balaban J connectivity index is 2.36. The summed E-state index contributed by atoms with van der Waals surface area (Å²) < 4.78 is 0. The van der Waals surface area contributed by atoms with Crippen LogP contribution in [0, 0.1) is 0 Å². The molecule has 0 radical (unpaired) electrons. The number of benzene rings is 2. The fourth-order valence-corrected chi connectivity index (χ4v) is 3.33. The van der Waals surface area contributed by atoms with Crippen molar-refractivity contribution in [1.82, 2.24) is 10.2 Å². The van der Waals surface area contributed by atoms with E-state index < -0.39 is 0 Å². The third-order valence-corrected chi connectivity index (χ3v) is 4.90. The third-order valence-electron chi connectivity index (χ3n) is 4.57. The number of urea groups is 1. The summed E-state index contributed by atoms with van der Waals surface area (Å²) in [6.45, 7) is 8.14. The van der Waals surface area contributed by atoms with Gasteiger partial charge in [-0.05, 0) is 63.6 Å². The van der Waals surface area contributed by atoms with Gasteiger partial charge in [0.1, 0.15) is 0 Å². The molecule has 0 saturated heterocycles. The van der Waals surface area contributed by atoms with Crippen molar-refractivity contribution in [3.63, 3.8) is 0 Å². The first-order valence-electron chi connectivity index (χ1n) is 10.0. The number of hydrogen-bond acceptors (Lipinski definition) is 3. The summed E-state index contributed by atoms with van der Waals surface area (Å²) in [5.41, 5.74) is 3.05. The van der Waals surface area contributed by atoms with Crippen LogP contribution in [0.15, 0.2) is 42.5 Å². The molecule has 2 N–H and O–H groups in total. The van der Waals surface area contributed by atoms with Crippen molar-refractivity contribution >= 4 is 34.9 Å². The van der Waals surface area contributed by atoms with Crippen LogP contribution in [0.4, 0.5) is 16.2 Å². The number of carbonyl (C=O) groups excluding carboxylic acids is 2. The molecule has 0 aromatic heterocycles. The molecular formula is C23H31ClN4O2. The molecule has 0 atom stereocenters. The van der Waals surface area contributed by atoms with E-state index in [1.807, 2.05) is 64.9 Å². The fourth-order valence-electron chi connectivity index (χ4n) is 3.12. The van der Waals surface area contributed by atoms with Gasteiger partial charge in [0.2, 0.25) is 0 Å². The van der Waals surface area contributed by atoms with Gasteiger partial charge in [-0.25, -0.2) is 4.79 Å². The second-order valence-electron chi connectivity index (χ2n) is 8.00. The van der Waals surface area contributed by atoms with Crippen LogP contribution >= 0.6 is 11.6 Å². The highest BCUT2D eigenvalue weighted by molar-refractivity contribution is 6.33. The van der Waals surface area contributed by atoms with E-state index in [9.17, 15) is 9.59 Å². The number of halogens is 1. The van der Waals surface area contributed by atoms with Crippen LogP contribution < -0.4 is 15.5 Å². The summed E-state index contributed by atoms with van der Waals surface area (Å²) in [4.78, 5) is 29.1. The van der Waals surface area contributed by atoms with Gasteiger partial charge in [0.05, 0.1) is 10.6 Å². The van der Waals surface area contributed by atoms with E-state index in [0.29, 0.717) is 22.8 Å². The van der Waals surface area contributed by atoms with Gasteiger partial charge in [0.15, 0.2) is 0 Å². The molecule has 2 aromatic carbocycles. The summed E-state index contributed by atoms with van der Waals surface area (Å²) in [5.74, 6) is -0.129. The Kier molecular flexibility index (Phi) is 8.12. The summed E-state index contributed by atoms with van der Waals surface area (Å²) in [5, 5.41) is 6.10. The van der Waals surface area contributed by atoms with E-state index in [-0.39, 0.29) is 24.0 Å². The van der Waals surface area contributed by atoms with Crippen molar-refractivity contribution in [3.05, 3.63) is 58.6 Å². The second-order valence-corrected chi connectivity index (χ2v) is 8.40. The zero-order chi connectivity index (χ0) is 22.4. The van der Waals surface area contributed by atoms with Gasteiger partial charge >= 0.3 is 6.03 Å². The first-order chi connectivity index (χ1) is 14.1. The molecular weight excluding hydrogens is 400 g/mol. The number of nitrogens with one attached hydrogen (secondary N) is 2. The molecule has 30 heavy (non-hydrogen) atoms. The van der Waals surface area contributed by atoms with Crippen LogP contribution in [-0.4, -0.2) is 43.0 Å². The topological polar surface area (TPSA) is 64.7 Å². The number of anilines is 2. The Labute approximate surface area is 184 Å². The van der Waals surface area contributed by atoms with Crippen molar-refractivity contribution in [2.24, 2.45) is 0 Å². The Morgan fingerprint density at radius 2 is 1.70 bits per heavy atom. The first kappa shape index (κ1) is 23.5. The predicted molar refractivity (Wildman–Crippen MR) is 125 cm³/mol. The maximum Gasteiger partial charge on any atom is 0.319 e. The minimum atomic E-state index is -0.263. The molecule has 0 aliphatic rings. The average molecular weight is 431 g/mol. The number of amides is 3. The normalized spacial score (nSPS) is 10.8. The monoisotopic (exact) mass is 430 g/mol. The SMILES string of the molecule is CC(C)NC(=O)Nc1ccc(N(C)C)c(CN(C(=O)c2ccccc2Cl)C(C)C)c1. The van der Waals surface area contributed by atoms with Gasteiger partial charge in [0, 0.05) is 44.1 Å². The smallest absolute Gasteiger partial charge is 0.319 e. The molecule has 162 valence electrons. The Morgan fingerprint density at radius 3 is 2.27 bits per heavy atom. The Bertz CT molecular complexity index is 897. The molecule has 0 aliphatic heterocycles. The Hall–Kier alpha value is -2.73. The highest BCUT2D eigenvalue weighted by Crippen LogP contribution is 2.27. The van der Waals surface area contributed by atoms with Crippen molar-refractivity contribution in [1.29, 1.82) is 0 Å². The van der Waals surface area contributed by atoms with E-state index in [0.717, 1.165) is 11.3 Å². The van der Waals surface area contributed by atoms with Gasteiger partial charge in [-0.3, -0.25) is 4.79 Å². The lowest BCUT2D eigenvalue weighted by Gasteiger charge is -2.29. The molecule has 0 saturated carbocycles. The van der Waals surface area contributed by atoms with E-state index >= 15 is 0 Å². The highest BCUT2D eigenvalue weighted by atomic mass is 35.5. The van der Waals surface area contributed by atoms with Gasteiger partial charge in [0.25, 0.3) is 5.91 Å². The highest BCUT2D eigenvalue weighted by Gasteiger charge is 2.22. The van der Waals surface area contributed by atoms with Crippen molar-refractivity contribution in [3.8, 4) is 0 Å². The largest absolute Gasteiger partial charge is 0.377 e. The number of carbonyl (C=O) groups is 2. The summed E-state index contributed by atoms with van der Waals surface area (Å²) in [6, 6.07) is 12.5. The van der Waals surface area contributed by atoms with Crippen molar-refractivity contribution in [2.75, 3.05) is 24.3 Å². The van der Waals surface area contributed by atoms with Crippen LogP contribution in [0.3, 0.4) is 0 Å². The molecule has 6 nitrogen and oxygen atoms in total. The van der Waals surface area contributed by atoms with Gasteiger partial charge in [-0.15, -0.1) is 0 Å². The average Bonchev–Trinajstić information content (AvgIpc) is 2.65. The zero-order valence-corrected chi connectivity index (χ0v) is 19.2. The maximum absolute atomic E-state index is 13.2. The van der Waals surface area contributed by atoms with Crippen LogP contribution in [0.1, 0.15) is 43.6 Å². The summed E-state index contributed by atoms with van der Waals surface area (Å²) in [7, 11) is 3.90. The molecule has 0 aliphatic carbocycles. The fraction of sp³-hybridized carbons (Fsp3) is 0.391. The van der Waals surface area contributed by atoms with E-state index in [1.165, 1.54) is 0 Å². The molecule has 2 aromatic rings. The Morgan fingerprint density at radius 1 is 1.03 bits per heavy atom. The molecule has 0 fully saturated rings. The minimum Gasteiger partial charge on any atom is -0.377 e. The van der Waals surface area contributed by atoms with Crippen molar-refractivity contribution in [2.45, 2.75) is 46.3 Å². The van der Waals surface area contributed by atoms with Gasteiger partial charge < -0.3 is 20.4 Å². The molecule has 2 rings (SSSR count). The summed E-state index contributed by atoms with van der Waals surface area (Å²) >= 11 is 6.27. The molecule has 0 spiro atoms. The van der Waals surface area contributed by atoms with Crippen LogP contribution in [0.5, 0.6) is 0 Å². The zero-order valence-electron chi connectivity index (χ0n) is 18.5. The van der Waals surface area contributed by atoms with E-state index in [4.69, 9.17) is 11.6 Å². The molecule has 0 unspecified atom stereocenters. The van der Waals surface area contributed by atoms with Crippen LogP contribution in [0.2, 0.25) is 5.02 Å². The molecule has 0 bridgehead atoms. The molecule has 3 amide bonds. The number of rotatable bonds is 7. The predicted octanol–water partition coefficient (Wildman–Crippen LogP) is 4.99. The minimum absolute atomic E-state index is 0.0372. The van der Waals surface area contributed by atoms with E-state index in [1.54, 1.807) is 29.2 Å². The quantitative estimate of drug-likeness (QED) is 0.650. The van der Waals surface area contributed by atoms with Gasteiger partial charge in [-0.2, -0.15) is 0 Å². The van der Waals surface area contributed by atoms with Crippen LogP contribution in [-0.2, 0) is 6.54 Å². The second kappa shape index (κ2) is 10.3. The molecule has 0 heterocycles. The third kappa shape index (κ3) is 6.13. The lowest BCUT2D eigenvalue weighted by molar-refractivity contribution is 0.0691. The number of nitrogens with zero attached hydrogens (tertiary/aromatic N) is 2. The lowest BCUT2D eigenvalue weighted by Crippen LogP contribution is -2.37. The standard InChI is InChI=1S/C23H31ClN4O2/c1-15(2)25-23(30)26-18-11-12-21(27(5)6)17(13-18)14-28(16(3)4)22(29)19-9-7-8-10-20(19)24/h7-13,15-16H,14H2,1-6H3,(H2,25,26,30). The maximum atomic E-state index is 13.2. The lowest BCUT2D eigenvalue weighted by atomic mass is 10.1. The van der Waals surface area contributed by atoms with E-state index in [2.05, 4.69) is 10.6 Å². The van der Waals surface area contributed by atoms with Crippen LogP contribution in [0.25, 0.3) is 0 Å². The summed E-state index contributed by atoms with van der Waals surface area (Å²) in [6.07, 6.45) is 0. The first-order valence-corrected chi connectivity index (χ1v) is 10.4. The van der Waals surface area contributed by atoms with Crippen molar-refractivity contribution < 1.29 is 9.59 Å². The van der Waals surface area contributed by atoms with Gasteiger partial charge in [-0.1, -0.05) is 23.7 Å².